The Labute approximate surface area is 158 Å². The maximum Gasteiger partial charge on any atom is 0.269 e. The zero-order valence-electron chi connectivity index (χ0n) is 14.3. The summed E-state index contributed by atoms with van der Waals surface area (Å²) in [4.78, 5) is 22.7. The quantitative estimate of drug-likeness (QED) is 0.225. The Morgan fingerprint density at radius 2 is 1.89 bits per heavy atom. The molecular weight excluding hydrogens is 364 g/mol. The molecule has 0 aliphatic carbocycles. The van der Waals surface area contributed by atoms with Crippen LogP contribution < -0.4 is 0 Å². The van der Waals surface area contributed by atoms with E-state index in [1.165, 1.54) is 36.0 Å². The monoisotopic (exact) mass is 378 g/mol. The average molecular weight is 378 g/mol. The topological polar surface area (TPSA) is 90.4 Å². The fraction of sp³-hybridized carbons (Fsp3) is 0.105. The fourth-order valence-electron chi connectivity index (χ4n) is 2.95. The highest BCUT2D eigenvalue weighted by Crippen LogP contribution is 2.26. The summed E-state index contributed by atoms with van der Waals surface area (Å²) in [7, 11) is 0. The molecule has 4 rings (SSSR count). The van der Waals surface area contributed by atoms with Gasteiger partial charge in [0.25, 0.3) is 5.69 Å². The lowest BCUT2D eigenvalue weighted by atomic mass is 10.1. The van der Waals surface area contributed by atoms with Gasteiger partial charge in [0.15, 0.2) is 16.6 Å². The molecule has 0 aliphatic rings. The van der Waals surface area contributed by atoms with Crippen LogP contribution in [-0.4, -0.2) is 31.1 Å². The van der Waals surface area contributed by atoms with E-state index in [9.17, 15) is 14.9 Å². The summed E-state index contributed by atoms with van der Waals surface area (Å²) in [6.45, 7) is 2.03. The largest absolute Gasteiger partial charge is 0.293 e. The zero-order valence-corrected chi connectivity index (χ0v) is 15.1. The number of nitro groups is 1. The number of nitrogens with zero attached hydrogens (tertiary/aromatic N) is 4. The van der Waals surface area contributed by atoms with Crippen LogP contribution >= 0.6 is 11.8 Å². The molecule has 7 nitrogen and oxygen atoms in total. The highest BCUT2D eigenvalue weighted by Gasteiger charge is 2.14. The number of ketones is 1. The van der Waals surface area contributed by atoms with Crippen LogP contribution in [0.1, 0.15) is 15.9 Å². The number of para-hydroxylation sites is 1. The molecule has 0 spiro atoms. The van der Waals surface area contributed by atoms with Gasteiger partial charge in [-0.3, -0.25) is 19.3 Å². The Morgan fingerprint density at radius 3 is 2.63 bits per heavy atom. The SMILES string of the molecule is Cc1cc2nnc(SCC(=O)c3ccc([N+](=O)[O-])cc3)n2c2ccccc12. The van der Waals surface area contributed by atoms with Gasteiger partial charge in [0.2, 0.25) is 0 Å². The Balaban J connectivity index is 1.61. The summed E-state index contributed by atoms with van der Waals surface area (Å²) in [5, 5.41) is 20.9. The van der Waals surface area contributed by atoms with Crippen molar-refractivity contribution in [2.45, 2.75) is 12.1 Å². The number of pyridine rings is 1. The lowest BCUT2D eigenvalue weighted by molar-refractivity contribution is -0.384. The van der Waals surface area contributed by atoms with Crippen molar-refractivity contribution in [3.63, 3.8) is 0 Å². The molecule has 0 fully saturated rings. The first-order valence-electron chi connectivity index (χ1n) is 8.18. The fourth-order valence-corrected chi connectivity index (χ4v) is 3.80. The smallest absolute Gasteiger partial charge is 0.269 e. The lowest BCUT2D eigenvalue weighted by Gasteiger charge is -2.07. The second kappa shape index (κ2) is 6.81. The molecule has 2 aromatic carbocycles. The normalized spacial score (nSPS) is 11.1. The third-order valence-corrected chi connectivity index (χ3v) is 5.24. The zero-order chi connectivity index (χ0) is 19.0. The van der Waals surface area contributed by atoms with E-state index in [-0.39, 0.29) is 17.2 Å². The molecular formula is C19H14N4O3S. The summed E-state index contributed by atoms with van der Waals surface area (Å²) in [5.41, 5.74) is 3.23. The number of thioether (sulfide) groups is 1. The number of benzene rings is 2. The molecule has 27 heavy (non-hydrogen) atoms. The number of carbonyl (C=O) groups excluding carboxylic acids is 1. The van der Waals surface area contributed by atoms with E-state index in [0.29, 0.717) is 10.7 Å². The van der Waals surface area contributed by atoms with Crippen LogP contribution in [0.25, 0.3) is 16.6 Å². The van der Waals surface area contributed by atoms with Crippen LogP contribution in [0.15, 0.2) is 59.8 Å². The van der Waals surface area contributed by atoms with E-state index in [2.05, 4.69) is 10.2 Å². The summed E-state index contributed by atoms with van der Waals surface area (Å²) in [6.07, 6.45) is 0. The number of aryl methyl sites for hydroxylation is 1. The van der Waals surface area contributed by atoms with E-state index in [1.807, 2.05) is 41.7 Å². The van der Waals surface area contributed by atoms with Gasteiger partial charge < -0.3 is 0 Å². The molecule has 0 amide bonds. The second-order valence-corrected chi connectivity index (χ2v) is 6.98. The average Bonchev–Trinajstić information content (AvgIpc) is 3.09. The van der Waals surface area contributed by atoms with Crippen molar-refractivity contribution in [1.29, 1.82) is 0 Å². The van der Waals surface area contributed by atoms with E-state index in [1.54, 1.807) is 0 Å². The highest BCUT2D eigenvalue weighted by atomic mass is 32.2. The molecule has 0 atom stereocenters. The van der Waals surface area contributed by atoms with Crippen LogP contribution in [0.3, 0.4) is 0 Å². The van der Waals surface area contributed by atoms with Crippen molar-refractivity contribution >= 4 is 39.8 Å². The number of hydrogen-bond donors (Lipinski definition) is 0. The van der Waals surface area contributed by atoms with Crippen molar-refractivity contribution < 1.29 is 9.72 Å². The lowest BCUT2D eigenvalue weighted by Crippen LogP contribution is -2.03. The molecule has 0 radical (unpaired) electrons. The number of hydrogen-bond acceptors (Lipinski definition) is 6. The third-order valence-electron chi connectivity index (χ3n) is 4.31. The first-order chi connectivity index (χ1) is 13.0. The maximum absolute atomic E-state index is 12.4. The van der Waals surface area contributed by atoms with E-state index in [0.717, 1.165) is 22.1 Å². The number of nitro benzene ring substituents is 1. The van der Waals surface area contributed by atoms with Crippen molar-refractivity contribution in [3.05, 3.63) is 75.8 Å². The molecule has 0 N–H and O–H groups in total. The van der Waals surface area contributed by atoms with Crippen LogP contribution in [0, 0.1) is 17.0 Å². The summed E-state index contributed by atoms with van der Waals surface area (Å²) in [5.74, 6) is 0.0453. The minimum Gasteiger partial charge on any atom is -0.293 e. The first-order valence-corrected chi connectivity index (χ1v) is 9.17. The standard InChI is InChI=1S/C19H14N4O3S/c1-12-10-18-20-21-19(22(18)16-5-3-2-4-15(12)16)27-11-17(24)13-6-8-14(9-7-13)23(25)26/h2-10H,11H2,1H3. The molecule has 0 saturated heterocycles. The van der Waals surface area contributed by atoms with Crippen LogP contribution in [0.2, 0.25) is 0 Å². The molecule has 0 aliphatic heterocycles. The van der Waals surface area contributed by atoms with E-state index in [4.69, 9.17) is 0 Å². The first kappa shape index (κ1) is 17.2. The second-order valence-electron chi connectivity index (χ2n) is 6.04. The van der Waals surface area contributed by atoms with Crippen molar-refractivity contribution in [2.24, 2.45) is 0 Å². The highest BCUT2D eigenvalue weighted by molar-refractivity contribution is 7.99. The van der Waals surface area contributed by atoms with Crippen LogP contribution in [0.4, 0.5) is 5.69 Å². The number of rotatable bonds is 5. The van der Waals surface area contributed by atoms with Crippen molar-refractivity contribution in [3.8, 4) is 0 Å². The number of non-ortho nitro benzene ring substituents is 1. The minimum absolute atomic E-state index is 0.0375. The summed E-state index contributed by atoms with van der Waals surface area (Å²) >= 11 is 1.30. The van der Waals surface area contributed by atoms with Crippen molar-refractivity contribution in [2.75, 3.05) is 5.75 Å². The summed E-state index contributed by atoms with van der Waals surface area (Å²) < 4.78 is 1.94. The van der Waals surface area contributed by atoms with Gasteiger partial charge in [-0.1, -0.05) is 30.0 Å². The number of aromatic nitrogens is 3. The van der Waals surface area contributed by atoms with Gasteiger partial charge in [-0.05, 0) is 36.8 Å². The van der Waals surface area contributed by atoms with Gasteiger partial charge in [0.1, 0.15) is 0 Å². The van der Waals surface area contributed by atoms with E-state index >= 15 is 0 Å². The molecule has 0 saturated carbocycles. The van der Waals surface area contributed by atoms with Gasteiger partial charge in [-0.15, -0.1) is 10.2 Å². The molecule has 2 aromatic heterocycles. The predicted octanol–water partition coefficient (Wildman–Crippen LogP) is 4.07. The van der Waals surface area contributed by atoms with Gasteiger partial charge in [-0.2, -0.15) is 0 Å². The van der Waals surface area contributed by atoms with Gasteiger partial charge >= 0.3 is 0 Å². The third kappa shape index (κ3) is 3.15. The molecule has 0 unspecified atom stereocenters. The molecule has 134 valence electrons. The number of fused-ring (bicyclic) bond motifs is 3. The predicted molar refractivity (Wildman–Crippen MR) is 103 cm³/mol. The maximum atomic E-state index is 12.4. The molecule has 2 heterocycles. The Hall–Kier alpha value is -3.26. The van der Waals surface area contributed by atoms with E-state index < -0.39 is 4.92 Å². The molecule has 4 aromatic rings. The van der Waals surface area contributed by atoms with Crippen LogP contribution in [-0.2, 0) is 0 Å². The van der Waals surface area contributed by atoms with Gasteiger partial charge in [-0.25, -0.2) is 0 Å². The summed E-state index contributed by atoms with van der Waals surface area (Å²) in [6, 6.07) is 15.6. The Morgan fingerprint density at radius 1 is 1.15 bits per heavy atom. The Kier molecular flexibility index (Phi) is 4.33. The number of Topliss-reactive ketones (excluding diaryl/α,β-unsaturated/α-hetero) is 1. The van der Waals surface area contributed by atoms with Gasteiger partial charge in [0.05, 0.1) is 16.2 Å². The molecule has 0 bridgehead atoms. The van der Waals surface area contributed by atoms with Crippen LogP contribution in [0.5, 0.6) is 0 Å². The Bertz CT molecular complexity index is 1180. The minimum atomic E-state index is -0.488. The van der Waals surface area contributed by atoms with Gasteiger partial charge in [0, 0.05) is 23.1 Å². The molecule has 8 heteroatoms. The van der Waals surface area contributed by atoms with Crippen molar-refractivity contribution in [1.82, 2.24) is 14.6 Å². The number of carbonyl (C=O) groups is 1.